The van der Waals surface area contributed by atoms with Crippen molar-refractivity contribution in [2.45, 2.75) is 66.8 Å². The average Bonchev–Trinajstić information content (AvgIpc) is 2.33. The fraction of sp³-hybridized carbons (Fsp3) is 0.750. The second-order valence-corrected chi connectivity index (χ2v) is 6.45. The third-order valence-corrected chi connectivity index (χ3v) is 3.37. The molecule has 0 fully saturated rings. The highest BCUT2D eigenvalue weighted by Gasteiger charge is 2.19. The van der Waals surface area contributed by atoms with E-state index in [1.807, 2.05) is 6.92 Å². The average molecular weight is 263 g/mol. The second kappa shape index (κ2) is 6.99. The Kier molecular flexibility index (Phi) is 5.92. The van der Waals surface area contributed by atoms with Crippen LogP contribution in [0.25, 0.3) is 0 Å². The third-order valence-electron chi connectivity index (χ3n) is 3.37. The lowest BCUT2D eigenvalue weighted by molar-refractivity contribution is 0.332. The standard InChI is InChI=1S/C16H29N3/c1-7-14-13(11-12(3)18-19-14)15(17-8-2)9-10-16(4,5)6/h11,15,17H,7-10H2,1-6H3. The smallest absolute Gasteiger partial charge is 0.0676 e. The molecule has 0 bridgehead atoms. The Morgan fingerprint density at radius 2 is 1.89 bits per heavy atom. The molecule has 1 rings (SSSR count). The highest BCUT2D eigenvalue weighted by atomic mass is 15.1. The van der Waals surface area contributed by atoms with E-state index < -0.39 is 0 Å². The van der Waals surface area contributed by atoms with Crippen molar-refractivity contribution in [3.8, 4) is 0 Å². The molecule has 0 spiro atoms. The molecule has 0 aliphatic carbocycles. The first-order valence-electron chi connectivity index (χ1n) is 7.44. The lowest BCUT2D eigenvalue weighted by Gasteiger charge is -2.25. The van der Waals surface area contributed by atoms with E-state index in [2.05, 4.69) is 56.2 Å². The van der Waals surface area contributed by atoms with Crippen molar-refractivity contribution in [2.75, 3.05) is 6.54 Å². The molecular formula is C16H29N3. The highest BCUT2D eigenvalue weighted by molar-refractivity contribution is 5.24. The molecule has 108 valence electrons. The van der Waals surface area contributed by atoms with Crippen molar-refractivity contribution in [2.24, 2.45) is 5.41 Å². The van der Waals surface area contributed by atoms with Gasteiger partial charge in [-0.2, -0.15) is 10.2 Å². The lowest BCUT2D eigenvalue weighted by atomic mass is 9.86. The van der Waals surface area contributed by atoms with Gasteiger partial charge in [0.2, 0.25) is 0 Å². The summed E-state index contributed by atoms with van der Waals surface area (Å²) in [4.78, 5) is 0. The fourth-order valence-corrected chi connectivity index (χ4v) is 2.30. The van der Waals surface area contributed by atoms with Crippen LogP contribution in [-0.2, 0) is 6.42 Å². The first kappa shape index (κ1) is 16.1. The van der Waals surface area contributed by atoms with Crippen LogP contribution in [0, 0.1) is 12.3 Å². The molecule has 0 aromatic carbocycles. The number of aromatic nitrogens is 2. The number of rotatable bonds is 6. The number of nitrogens with zero attached hydrogens (tertiary/aromatic N) is 2. The fourth-order valence-electron chi connectivity index (χ4n) is 2.30. The van der Waals surface area contributed by atoms with Gasteiger partial charge in [0.05, 0.1) is 11.4 Å². The zero-order valence-electron chi connectivity index (χ0n) is 13.4. The summed E-state index contributed by atoms with van der Waals surface area (Å²) in [6.07, 6.45) is 3.30. The second-order valence-electron chi connectivity index (χ2n) is 6.45. The van der Waals surface area contributed by atoms with E-state index in [0.717, 1.165) is 30.8 Å². The summed E-state index contributed by atoms with van der Waals surface area (Å²) in [6.45, 7) is 14.2. The van der Waals surface area contributed by atoms with Crippen LogP contribution in [0.15, 0.2) is 6.07 Å². The summed E-state index contributed by atoms with van der Waals surface area (Å²) >= 11 is 0. The first-order valence-corrected chi connectivity index (χ1v) is 7.44. The number of hydrogen-bond donors (Lipinski definition) is 1. The molecule has 0 radical (unpaired) electrons. The summed E-state index contributed by atoms with van der Waals surface area (Å²) in [5.41, 5.74) is 3.84. The maximum absolute atomic E-state index is 4.35. The molecule has 0 aliphatic rings. The van der Waals surface area contributed by atoms with Gasteiger partial charge in [-0.25, -0.2) is 0 Å². The molecule has 3 nitrogen and oxygen atoms in total. The topological polar surface area (TPSA) is 37.8 Å². The van der Waals surface area contributed by atoms with Gasteiger partial charge < -0.3 is 5.32 Å². The zero-order chi connectivity index (χ0) is 14.5. The lowest BCUT2D eigenvalue weighted by Crippen LogP contribution is -2.24. The van der Waals surface area contributed by atoms with Crippen LogP contribution in [0.4, 0.5) is 0 Å². The van der Waals surface area contributed by atoms with E-state index >= 15 is 0 Å². The molecule has 1 aromatic rings. The molecule has 19 heavy (non-hydrogen) atoms. The quantitative estimate of drug-likeness (QED) is 0.847. The Labute approximate surface area is 118 Å². The molecule has 0 saturated carbocycles. The monoisotopic (exact) mass is 263 g/mol. The van der Waals surface area contributed by atoms with Crippen LogP contribution < -0.4 is 5.32 Å². The van der Waals surface area contributed by atoms with Crippen LogP contribution in [-0.4, -0.2) is 16.7 Å². The maximum atomic E-state index is 4.35. The van der Waals surface area contributed by atoms with Crippen molar-refractivity contribution in [1.82, 2.24) is 15.5 Å². The molecule has 1 atom stereocenters. The molecule has 0 aliphatic heterocycles. The van der Waals surface area contributed by atoms with E-state index in [1.165, 1.54) is 12.0 Å². The summed E-state index contributed by atoms with van der Waals surface area (Å²) in [5.74, 6) is 0. The Hall–Kier alpha value is -0.960. The molecule has 1 N–H and O–H groups in total. The summed E-state index contributed by atoms with van der Waals surface area (Å²) in [7, 11) is 0. The Morgan fingerprint density at radius 1 is 1.21 bits per heavy atom. The van der Waals surface area contributed by atoms with E-state index in [9.17, 15) is 0 Å². The molecule has 0 saturated heterocycles. The summed E-state index contributed by atoms with van der Waals surface area (Å²) < 4.78 is 0. The normalized spacial score (nSPS) is 13.6. The van der Waals surface area contributed by atoms with Gasteiger partial charge in [0.25, 0.3) is 0 Å². The van der Waals surface area contributed by atoms with Gasteiger partial charge in [-0.1, -0.05) is 34.6 Å². The predicted molar refractivity (Wildman–Crippen MR) is 81.3 cm³/mol. The maximum Gasteiger partial charge on any atom is 0.0676 e. The van der Waals surface area contributed by atoms with E-state index in [0.29, 0.717) is 11.5 Å². The van der Waals surface area contributed by atoms with E-state index in [1.54, 1.807) is 0 Å². The van der Waals surface area contributed by atoms with Crippen molar-refractivity contribution in [3.63, 3.8) is 0 Å². The molecule has 1 aromatic heterocycles. The van der Waals surface area contributed by atoms with E-state index in [4.69, 9.17) is 0 Å². The number of aryl methyl sites for hydroxylation is 2. The Balaban J connectivity index is 2.94. The summed E-state index contributed by atoms with van der Waals surface area (Å²) in [5, 5.41) is 12.1. The van der Waals surface area contributed by atoms with Gasteiger partial charge in [-0.3, -0.25) is 0 Å². The van der Waals surface area contributed by atoms with Crippen LogP contribution in [0.2, 0.25) is 0 Å². The number of hydrogen-bond acceptors (Lipinski definition) is 3. The largest absolute Gasteiger partial charge is 0.310 e. The molecule has 0 amide bonds. The van der Waals surface area contributed by atoms with Crippen LogP contribution >= 0.6 is 0 Å². The SMILES string of the molecule is CCNC(CCC(C)(C)C)c1cc(C)nnc1CC. The molecule has 3 heteroatoms. The molecule has 1 unspecified atom stereocenters. The number of nitrogens with one attached hydrogen (secondary N) is 1. The van der Waals surface area contributed by atoms with Crippen molar-refractivity contribution < 1.29 is 0 Å². The summed E-state index contributed by atoms with van der Waals surface area (Å²) in [6, 6.07) is 2.59. The van der Waals surface area contributed by atoms with Crippen molar-refractivity contribution in [3.05, 3.63) is 23.0 Å². The minimum Gasteiger partial charge on any atom is -0.310 e. The minimum atomic E-state index is 0.371. The van der Waals surface area contributed by atoms with Crippen molar-refractivity contribution in [1.29, 1.82) is 0 Å². The molecule has 1 heterocycles. The van der Waals surface area contributed by atoms with Gasteiger partial charge in [-0.05, 0) is 49.8 Å². The first-order chi connectivity index (χ1) is 8.87. The Bertz CT molecular complexity index is 393. The predicted octanol–water partition coefficient (Wildman–Crippen LogP) is 3.82. The van der Waals surface area contributed by atoms with Gasteiger partial charge in [0.15, 0.2) is 0 Å². The van der Waals surface area contributed by atoms with Crippen LogP contribution in [0.1, 0.15) is 70.5 Å². The van der Waals surface area contributed by atoms with Crippen LogP contribution in [0.5, 0.6) is 0 Å². The zero-order valence-corrected chi connectivity index (χ0v) is 13.4. The molecular weight excluding hydrogens is 234 g/mol. The Morgan fingerprint density at radius 3 is 2.42 bits per heavy atom. The van der Waals surface area contributed by atoms with E-state index in [-0.39, 0.29) is 0 Å². The van der Waals surface area contributed by atoms with Crippen molar-refractivity contribution >= 4 is 0 Å². The van der Waals surface area contributed by atoms with Gasteiger partial charge in [0.1, 0.15) is 0 Å². The highest BCUT2D eigenvalue weighted by Crippen LogP contribution is 2.28. The van der Waals surface area contributed by atoms with Gasteiger partial charge in [0, 0.05) is 6.04 Å². The van der Waals surface area contributed by atoms with Crippen LogP contribution in [0.3, 0.4) is 0 Å². The third kappa shape index (κ3) is 5.27. The van der Waals surface area contributed by atoms with Gasteiger partial charge >= 0.3 is 0 Å². The minimum absolute atomic E-state index is 0.371. The van der Waals surface area contributed by atoms with Gasteiger partial charge in [-0.15, -0.1) is 0 Å².